The third-order valence-electron chi connectivity index (χ3n) is 6.13. The number of piperazine rings is 1. The lowest BCUT2D eigenvalue weighted by atomic mass is 10.0. The summed E-state index contributed by atoms with van der Waals surface area (Å²) in [5.74, 6) is -0.0499. The summed E-state index contributed by atoms with van der Waals surface area (Å²) in [6, 6.07) is 18.5. The number of anilines is 2. The van der Waals surface area contributed by atoms with Crippen LogP contribution in [0, 0.1) is 11.6 Å². The second kappa shape index (κ2) is 10.8. The van der Waals surface area contributed by atoms with E-state index in [1.807, 2.05) is 29.2 Å². The van der Waals surface area contributed by atoms with Crippen LogP contribution in [0.2, 0.25) is 0 Å². The average Bonchev–Trinajstić information content (AvgIpc) is 2.89. The molecule has 0 radical (unpaired) electrons. The number of nitrogens with one attached hydrogen (secondary N) is 1. The number of fused-ring (bicyclic) bond motifs is 1. The first-order valence-corrected chi connectivity index (χ1v) is 11.2. The van der Waals surface area contributed by atoms with Gasteiger partial charge in [0.05, 0.1) is 12.6 Å². The Morgan fingerprint density at radius 3 is 2.22 bits per heavy atom. The number of carbonyl (C=O) groups excluding carboxylic acids is 1. The van der Waals surface area contributed by atoms with Crippen LogP contribution in [0.25, 0.3) is 22.0 Å². The lowest BCUT2D eigenvalue weighted by Gasteiger charge is -2.41. The van der Waals surface area contributed by atoms with Gasteiger partial charge in [-0.3, -0.25) is 0 Å². The number of carbonyl (C=O) groups is 1. The van der Waals surface area contributed by atoms with Crippen molar-refractivity contribution in [1.82, 2.24) is 15.1 Å². The first-order chi connectivity index (χ1) is 17.0. The molecule has 4 aromatic rings. The molecular weight excluding hydrogens is 488 g/mol. The molecule has 1 aromatic heterocycles. The van der Waals surface area contributed by atoms with Crippen molar-refractivity contribution in [3.63, 3.8) is 0 Å². The van der Waals surface area contributed by atoms with Crippen molar-refractivity contribution in [3.05, 3.63) is 84.4 Å². The minimum Gasteiger partial charge on any atom is -0.394 e. The lowest BCUT2D eigenvalue weighted by molar-refractivity contribution is 0.132. The second-order valence-electron chi connectivity index (χ2n) is 8.34. The van der Waals surface area contributed by atoms with Crippen molar-refractivity contribution < 1.29 is 18.7 Å². The Kier molecular flexibility index (Phi) is 7.61. The number of benzene rings is 3. The van der Waals surface area contributed by atoms with Gasteiger partial charge in [0.25, 0.3) is 0 Å². The number of aliphatic hydroxyl groups is 1. The van der Waals surface area contributed by atoms with E-state index in [0.717, 1.165) is 16.3 Å². The molecule has 1 atom stereocenters. The van der Waals surface area contributed by atoms with E-state index in [1.54, 1.807) is 17.0 Å². The van der Waals surface area contributed by atoms with Crippen LogP contribution >= 0.6 is 12.4 Å². The van der Waals surface area contributed by atoms with Crippen molar-refractivity contribution in [2.24, 2.45) is 0 Å². The fourth-order valence-corrected chi connectivity index (χ4v) is 4.34. The van der Waals surface area contributed by atoms with Crippen LogP contribution in [-0.2, 0) is 0 Å². The fourth-order valence-electron chi connectivity index (χ4n) is 4.34. The molecule has 5 rings (SSSR count). The highest BCUT2D eigenvalue weighted by atomic mass is 35.5. The van der Waals surface area contributed by atoms with Gasteiger partial charge in [0, 0.05) is 41.7 Å². The molecule has 0 aliphatic carbocycles. The third-order valence-corrected chi connectivity index (χ3v) is 6.13. The monoisotopic (exact) mass is 511 g/mol. The number of amides is 2. The summed E-state index contributed by atoms with van der Waals surface area (Å²) in [5, 5.41) is 23.5. The highest BCUT2D eigenvalue weighted by Crippen LogP contribution is 2.32. The van der Waals surface area contributed by atoms with Gasteiger partial charge >= 0.3 is 6.03 Å². The fraction of sp³-hybridized carbons (Fsp3) is 0.192. The predicted molar refractivity (Wildman–Crippen MR) is 137 cm³/mol. The zero-order valence-corrected chi connectivity index (χ0v) is 20.0. The van der Waals surface area contributed by atoms with Gasteiger partial charge in [-0.2, -0.15) is 0 Å². The number of rotatable bonds is 4. The Labute approximate surface area is 212 Å². The Balaban J connectivity index is 0.00000304. The van der Waals surface area contributed by atoms with Crippen LogP contribution < -0.4 is 10.2 Å². The van der Waals surface area contributed by atoms with Crippen molar-refractivity contribution in [2.75, 3.05) is 36.5 Å². The quantitative estimate of drug-likeness (QED) is 0.414. The largest absolute Gasteiger partial charge is 0.394 e. The van der Waals surface area contributed by atoms with Gasteiger partial charge in [-0.15, -0.1) is 22.6 Å². The standard InChI is InChI=1S/C26H23F2N5O2.ClH/c27-18-7-5-17(6-8-18)24-22-3-1-2-4-23(22)25(31-30-24)32-13-14-33(21(15-32)16-34)26(35)29-20-11-9-19(28)10-12-20;/h1-12,21,34H,13-16H2,(H,29,35);1H. The molecule has 3 aromatic carbocycles. The molecule has 0 spiro atoms. The first-order valence-electron chi connectivity index (χ1n) is 11.2. The van der Waals surface area contributed by atoms with Crippen molar-refractivity contribution in [3.8, 4) is 11.3 Å². The van der Waals surface area contributed by atoms with Gasteiger partial charge in [0.1, 0.15) is 17.3 Å². The minimum atomic E-state index is -0.471. The highest BCUT2D eigenvalue weighted by Gasteiger charge is 2.31. The Hall–Kier alpha value is -3.82. The molecule has 1 unspecified atom stereocenters. The average molecular weight is 512 g/mol. The maximum absolute atomic E-state index is 13.4. The second-order valence-corrected chi connectivity index (χ2v) is 8.34. The van der Waals surface area contributed by atoms with Crippen molar-refractivity contribution in [1.29, 1.82) is 0 Å². The molecule has 186 valence electrons. The summed E-state index contributed by atoms with van der Waals surface area (Å²) < 4.78 is 26.6. The number of urea groups is 1. The molecule has 2 heterocycles. The Bertz CT molecular complexity index is 1360. The molecule has 1 saturated heterocycles. The zero-order valence-electron chi connectivity index (χ0n) is 19.1. The zero-order chi connectivity index (χ0) is 24.4. The summed E-state index contributed by atoms with van der Waals surface area (Å²) >= 11 is 0. The molecule has 1 fully saturated rings. The summed E-state index contributed by atoms with van der Waals surface area (Å²) in [6.45, 7) is 0.976. The Morgan fingerprint density at radius 2 is 1.56 bits per heavy atom. The maximum Gasteiger partial charge on any atom is 0.322 e. The van der Waals surface area contributed by atoms with Crippen molar-refractivity contribution in [2.45, 2.75) is 6.04 Å². The van der Waals surface area contributed by atoms with E-state index >= 15 is 0 Å². The van der Waals surface area contributed by atoms with E-state index in [0.29, 0.717) is 36.8 Å². The van der Waals surface area contributed by atoms with Crippen LogP contribution in [0.15, 0.2) is 72.8 Å². The number of halogens is 3. The minimum absolute atomic E-state index is 0. The van der Waals surface area contributed by atoms with E-state index in [1.165, 1.54) is 36.4 Å². The molecule has 1 aliphatic rings. The van der Waals surface area contributed by atoms with E-state index in [2.05, 4.69) is 15.5 Å². The summed E-state index contributed by atoms with van der Waals surface area (Å²) in [6.07, 6.45) is 0. The highest BCUT2D eigenvalue weighted by molar-refractivity contribution is 6.00. The number of aromatic nitrogens is 2. The van der Waals surface area contributed by atoms with Gasteiger partial charge in [0.15, 0.2) is 5.82 Å². The van der Waals surface area contributed by atoms with Crippen LogP contribution in [0.4, 0.5) is 25.1 Å². The van der Waals surface area contributed by atoms with Crippen LogP contribution in [-0.4, -0.2) is 58.5 Å². The molecule has 0 saturated carbocycles. The molecule has 1 aliphatic heterocycles. The number of aliphatic hydroxyl groups excluding tert-OH is 1. The smallest absolute Gasteiger partial charge is 0.322 e. The van der Waals surface area contributed by atoms with E-state index in [-0.39, 0.29) is 36.7 Å². The topological polar surface area (TPSA) is 81.6 Å². The van der Waals surface area contributed by atoms with Gasteiger partial charge in [-0.05, 0) is 48.5 Å². The molecular formula is C26H24ClF2N5O2. The molecule has 7 nitrogen and oxygen atoms in total. The molecule has 36 heavy (non-hydrogen) atoms. The molecule has 2 amide bonds. The molecule has 0 bridgehead atoms. The summed E-state index contributed by atoms with van der Waals surface area (Å²) in [4.78, 5) is 16.4. The van der Waals surface area contributed by atoms with E-state index < -0.39 is 6.04 Å². The van der Waals surface area contributed by atoms with Crippen LogP contribution in [0.3, 0.4) is 0 Å². The maximum atomic E-state index is 13.4. The molecule has 2 N–H and O–H groups in total. The summed E-state index contributed by atoms with van der Waals surface area (Å²) in [7, 11) is 0. The van der Waals surface area contributed by atoms with Gasteiger partial charge < -0.3 is 20.2 Å². The number of hydrogen-bond donors (Lipinski definition) is 2. The lowest BCUT2D eigenvalue weighted by Crippen LogP contribution is -2.58. The van der Waals surface area contributed by atoms with E-state index in [4.69, 9.17) is 0 Å². The van der Waals surface area contributed by atoms with Gasteiger partial charge in [-0.1, -0.05) is 24.3 Å². The van der Waals surface area contributed by atoms with Gasteiger partial charge in [0.2, 0.25) is 0 Å². The van der Waals surface area contributed by atoms with Gasteiger partial charge in [-0.25, -0.2) is 13.6 Å². The predicted octanol–water partition coefficient (Wildman–Crippen LogP) is 4.71. The first kappa shape index (κ1) is 25.3. The number of hydrogen-bond acceptors (Lipinski definition) is 5. The number of nitrogens with zero attached hydrogens (tertiary/aromatic N) is 4. The van der Waals surface area contributed by atoms with Crippen LogP contribution in [0.1, 0.15) is 0 Å². The normalized spacial score (nSPS) is 15.5. The summed E-state index contributed by atoms with van der Waals surface area (Å²) in [5.41, 5.74) is 1.89. The molecule has 10 heteroatoms. The van der Waals surface area contributed by atoms with Crippen LogP contribution in [0.5, 0.6) is 0 Å². The van der Waals surface area contributed by atoms with E-state index in [9.17, 15) is 18.7 Å². The Morgan fingerprint density at radius 1 is 0.917 bits per heavy atom. The SMILES string of the molecule is Cl.O=C(Nc1ccc(F)cc1)N1CCN(c2nnc(-c3ccc(F)cc3)c3ccccc23)CC1CO. The van der Waals surface area contributed by atoms with Crippen molar-refractivity contribution >= 4 is 40.7 Å². The third kappa shape index (κ3) is 5.07.